The normalized spacial score (nSPS) is 10.1. The maximum atomic E-state index is 11.7. The van der Waals surface area contributed by atoms with Crippen LogP contribution in [0.5, 0.6) is 0 Å². The Morgan fingerprint density at radius 2 is 2.00 bits per heavy atom. The van der Waals surface area contributed by atoms with E-state index in [2.05, 4.69) is 5.32 Å². The second-order valence-electron chi connectivity index (χ2n) is 4.33. The van der Waals surface area contributed by atoms with E-state index in [1.165, 1.54) is 0 Å². The number of para-hydroxylation sites is 1. The van der Waals surface area contributed by atoms with Gasteiger partial charge in [-0.25, -0.2) is 0 Å². The monoisotopic (exact) mass is 284 g/mol. The first kappa shape index (κ1) is 15.3. The Bertz CT molecular complexity index is 475. The van der Waals surface area contributed by atoms with Gasteiger partial charge < -0.3 is 15.3 Å². The van der Waals surface area contributed by atoms with Crippen molar-refractivity contribution in [2.75, 3.05) is 24.3 Å². The number of benzene rings is 1. The molecule has 0 aliphatic heterocycles. The molecule has 0 spiro atoms. The summed E-state index contributed by atoms with van der Waals surface area (Å²) in [5.74, 6) is -1.11. The number of halogens is 1. The number of anilines is 2. The molecule has 0 bridgehead atoms. The standard InChI is InChI=1S/C13H17ClN2O3/c1-16(2)13-9(14)5-3-6-10(13)15-11(17)7-4-8-12(18)19/h3,5-6H,4,7-8H2,1-2H3,(H,15,17)(H,18,19). The first-order valence-corrected chi connectivity index (χ1v) is 6.27. The molecule has 0 saturated carbocycles. The van der Waals surface area contributed by atoms with Crippen LogP contribution in [0, 0.1) is 0 Å². The van der Waals surface area contributed by atoms with E-state index >= 15 is 0 Å². The molecule has 0 atom stereocenters. The van der Waals surface area contributed by atoms with Gasteiger partial charge in [-0.2, -0.15) is 0 Å². The maximum absolute atomic E-state index is 11.7. The summed E-state index contributed by atoms with van der Waals surface area (Å²) in [5, 5.41) is 11.8. The zero-order valence-electron chi connectivity index (χ0n) is 10.9. The van der Waals surface area contributed by atoms with Crippen LogP contribution in [0.2, 0.25) is 5.02 Å². The minimum atomic E-state index is -0.899. The van der Waals surface area contributed by atoms with E-state index in [-0.39, 0.29) is 18.7 Å². The average Bonchev–Trinajstić information content (AvgIpc) is 2.27. The molecule has 104 valence electrons. The zero-order chi connectivity index (χ0) is 14.4. The molecular formula is C13H17ClN2O3. The van der Waals surface area contributed by atoms with Crippen molar-refractivity contribution in [1.82, 2.24) is 0 Å². The lowest BCUT2D eigenvalue weighted by molar-refractivity contribution is -0.137. The summed E-state index contributed by atoms with van der Waals surface area (Å²) in [6.45, 7) is 0. The van der Waals surface area contributed by atoms with Gasteiger partial charge in [0.2, 0.25) is 5.91 Å². The van der Waals surface area contributed by atoms with Gasteiger partial charge in [-0.05, 0) is 18.6 Å². The van der Waals surface area contributed by atoms with Crippen LogP contribution in [0.3, 0.4) is 0 Å². The predicted octanol–water partition coefficient (Wildman–Crippen LogP) is 2.60. The maximum Gasteiger partial charge on any atom is 0.303 e. The summed E-state index contributed by atoms with van der Waals surface area (Å²) >= 11 is 6.08. The number of nitrogens with zero attached hydrogens (tertiary/aromatic N) is 1. The van der Waals surface area contributed by atoms with Gasteiger partial charge in [-0.3, -0.25) is 9.59 Å². The molecule has 0 aromatic heterocycles. The zero-order valence-corrected chi connectivity index (χ0v) is 11.7. The summed E-state index contributed by atoms with van der Waals surface area (Å²) in [4.78, 5) is 23.9. The fourth-order valence-electron chi connectivity index (χ4n) is 1.68. The summed E-state index contributed by atoms with van der Waals surface area (Å²) in [7, 11) is 3.67. The van der Waals surface area contributed by atoms with Gasteiger partial charge in [0.05, 0.1) is 16.4 Å². The second kappa shape index (κ2) is 6.99. The Balaban J connectivity index is 2.69. The molecule has 6 heteroatoms. The van der Waals surface area contributed by atoms with E-state index in [0.717, 1.165) is 5.69 Å². The van der Waals surface area contributed by atoms with Crippen LogP contribution in [0.1, 0.15) is 19.3 Å². The first-order valence-electron chi connectivity index (χ1n) is 5.89. The van der Waals surface area contributed by atoms with Gasteiger partial charge in [-0.1, -0.05) is 17.7 Å². The number of carbonyl (C=O) groups is 2. The lowest BCUT2D eigenvalue weighted by Crippen LogP contribution is -2.17. The number of aliphatic carboxylic acids is 1. The molecule has 0 heterocycles. The molecule has 5 nitrogen and oxygen atoms in total. The minimum Gasteiger partial charge on any atom is -0.481 e. The molecule has 2 N–H and O–H groups in total. The number of carbonyl (C=O) groups excluding carboxylic acids is 1. The Morgan fingerprint density at radius 3 is 2.58 bits per heavy atom. The predicted molar refractivity (Wildman–Crippen MR) is 75.9 cm³/mol. The van der Waals surface area contributed by atoms with Gasteiger partial charge in [0.25, 0.3) is 0 Å². The third kappa shape index (κ3) is 4.79. The highest BCUT2D eigenvalue weighted by molar-refractivity contribution is 6.34. The highest BCUT2D eigenvalue weighted by atomic mass is 35.5. The number of hydrogen-bond acceptors (Lipinski definition) is 3. The summed E-state index contributed by atoms with van der Waals surface area (Å²) in [6.07, 6.45) is 0.480. The smallest absolute Gasteiger partial charge is 0.303 e. The van der Waals surface area contributed by atoms with Gasteiger partial charge >= 0.3 is 5.97 Å². The van der Waals surface area contributed by atoms with Crippen molar-refractivity contribution in [3.63, 3.8) is 0 Å². The molecule has 0 radical (unpaired) electrons. The van der Waals surface area contributed by atoms with Crippen LogP contribution in [-0.4, -0.2) is 31.1 Å². The quantitative estimate of drug-likeness (QED) is 0.842. The van der Waals surface area contributed by atoms with E-state index in [1.807, 2.05) is 19.0 Å². The van der Waals surface area contributed by atoms with E-state index in [1.54, 1.807) is 18.2 Å². The number of amides is 1. The van der Waals surface area contributed by atoms with Crippen LogP contribution in [0.15, 0.2) is 18.2 Å². The van der Waals surface area contributed by atoms with E-state index < -0.39 is 5.97 Å². The average molecular weight is 285 g/mol. The van der Waals surface area contributed by atoms with Crippen molar-refractivity contribution >= 4 is 34.9 Å². The molecular weight excluding hydrogens is 268 g/mol. The fraction of sp³-hybridized carbons (Fsp3) is 0.385. The number of hydrogen-bond donors (Lipinski definition) is 2. The van der Waals surface area contributed by atoms with E-state index in [4.69, 9.17) is 16.7 Å². The molecule has 0 aliphatic carbocycles. The molecule has 1 rings (SSSR count). The SMILES string of the molecule is CN(C)c1c(Cl)cccc1NC(=O)CCCC(=O)O. The van der Waals surface area contributed by atoms with E-state index in [9.17, 15) is 9.59 Å². The van der Waals surface area contributed by atoms with Crippen LogP contribution in [0.4, 0.5) is 11.4 Å². The molecule has 1 amide bonds. The Labute approximate surface area is 117 Å². The highest BCUT2D eigenvalue weighted by Crippen LogP contribution is 2.32. The Morgan fingerprint density at radius 1 is 1.32 bits per heavy atom. The molecule has 0 fully saturated rings. The number of carboxylic acid groups (broad SMARTS) is 1. The summed E-state index contributed by atoms with van der Waals surface area (Å²) < 4.78 is 0. The van der Waals surface area contributed by atoms with Crippen LogP contribution < -0.4 is 10.2 Å². The topological polar surface area (TPSA) is 69.6 Å². The van der Waals surface area contributed by atoms with Crippen molar-refractivity contribution in [3.05, 3.63) is 23.2 Å². The number of nitrogens with one attached hydrogen (secondary N) is 1. The fourth-order valence-corrected chi connectivity index (χ4v) is 2.03. The van der Waals surface area contributed by atoms with Crippen molar-refractivity contribution in [2.24, 2.45) is 0 Å². The van der Waals surface area contributed by atoms with Crippen LogP contribution in [-0.2, 0) is 9.59 Å². The van der Waals surface area contributed by atoms with Crippen LogP contribution >= 0.6 is 11.6 Å². The first-order chi connectivity index (χ1) is 8.91. The highest BCUT2D eigenvalue weighted by Gasteiger charge is 2.11. The third-order valence-electron chi connectivity index (χ3n) is 2.50. The lowest BCUT2D eigenvalue weighted by atomic mass is 10.2. The van der Waals surface area contributed by atoms with Crippen molar-refractivity contribution in [1.29, 1.82) is 0 Å². The minimum absolute atomic E-state index is 0.0104. The molecule has 0 saturated heterocycles. The molecule has 1 aromatic carbocycles. The Kier molecular flexibility index (Phi) is 5.63. The number of carboxylic acids is 1. The summed E-state index contributed by atoms with van der Waals surface area (Å²) in [6, 6.07) is 5.26. The van der Waals surface area contributed by atoms with Crippen molar-refractivity contribution in [2.45, 2.75) is 19.3 Å². The van der Waals surface area contributed by atoms with Gasteiger partial charge in [0, 0.05) is 26.9 Å². The molecule has 1 aromatic rings. The molecule has 0 unspecified atom stereocenters. The Hall–Kier alpha value is -1.75. The van der Waals surface area contributed by atoms with Gasteiger partial charge in [0.15, 0.2) is 0 Å². The molecule has 19 heavy (non-hydrogen) atoms. The number of rotatable bonds is 6. The van der Waals surface area contributed by atoms with Crippen molar-refractivity contribution < 1.29 is 14.7 Å². The van der Waals surface area contributed by atoms with Crippen molar-refractivity contribution in [3.8, 4) is 0 Å². The second-order valence-corrected chi connectivity index (χ2v) is 4.73. The summed E-state index contributed by atoms with van der Waals surface area (Å²) in [5.41, 5.74) is 1.36. The van der Waals surface area contributed by atoms with Gasteiger partial charge in [0.1, 0.15) is 0 Å². The van der Waals surface area contributed by atoms with Crippen LogP contribution in [0.25, 0.3) is 0 Å². The lowest BCUT2D eigenvalue weighted by Gasteiger charge is -2.19. The largest absolute Gasteiger partial charge is 0.481 e. The van der Waals surface area contributed by atoms with E-state index in [0.29, 0.717) is 17.1 Å². The molecule has 0 aliphatic rings. The van der Waals surface area contributed by atoms with Gasteiger partial charge in [-0.15, -0.1) is 0 Å². The third-order valence-corrected chi connectivity index (χ3v) is 2.81.